The van der Waals surface area contributed by atoms with E-state index in [0.29, 0.717) is 0 Å². The van der Waals surface area contributed by atoms with Crippen LogP contribution in [0.25, 0.3) is 0 Å². The van der Waals surface area contributed by atoms with Gasteiger partial charge in [-0.2, -0.15) is 0 Å². The molecule has 29 heavy (non-hydrogen) atoms. The average Bonchev–Trinajstić information content (AvgIpc) is 2.79. The number of piperidine rings is 1. The summed E-state index contributed by atoms with van der Waals surface area (Å²) < 4.78 is 0. The van der Waals surface area contributed by atoms with Crippen molar-refractivity contribution in [1.82, 2.24) is 4.90 Å². The van der Waals surface area contributed by atoms with E-state index in [1.54, 1.807) is 0 Å². The molecule has 2 atom stereocenters. The monoisotopic (exact) mass is 391 g/mol. The zero-order valence-corrected chi connectivity index (χ0v) is 17.8. The third kappa shape index (κ3) is 5.71. The molecule has 0 spiro atoms. The fourth-order valence-corrected chi connectivity index (χ4v) is 5.45. The third-order valence-corrected chi connectivity index (χ3v) is 7.15. The first-order valence-electron chi connectivity index (χ1n) is 11.9. The van der Waals surface area contributed by atoms with Gasteiger partial charge in [0.1, 0.15) is 6.10 Å². The molecule has 2 aromatic carbocycles. The largest absolute Gasteiger partial charge is 0.384 e. The van der Waals surface area contributed by atoms with Gasteiger partial charge in [-0.25, -0.2) is 0 Å². The van der Waals surface area contributed by atoms with Crippen molar-refractivity contribution in [3.8, 4) is 0 Å². The summed E-state index contributed by atoms with van der Waals surface area (Å²) >= 11 is 0. The number of nitrogens with zero attached hydrogens (tertiary/aromatic N) is 1. The van der Waals surface area contributed by atoms with E-state index in [1.807, 2.05) is 36.4 Å². The van der Waals surface area contributed by atoms with Crippen LogP contribution in [0.5, 0.6) is 0 Å². The van der Waals surface area contributed by atoms with Crippen molar-refractivity contribution in [2.45, 2.75) is 76.4 Å². The van der Waals surface area contributed by atoms with Crippen molar-refractivity contribution < 1.29 is 5.11 Å². The minimum atomic E-state index is -0.537. The van der Waals surface area contributed by atoms with Crippen molar-refractivity contribution in [1.29, 1.82) is 0 Å². The molecular weight excluding hydrogens is 354 g/mol. The molecule has 4 rings (SSSR count). The van der Waals surface area contributed by atoms with Gasteiger partial charge < -0.3 is 10.0 Å². The van der Waals surface area contributed by atoms with Crippen LogP contribution < -0.4 is 0 Å². The molecule has 1 aliphatic heterocycles. The van der Waals surface area contributed by atoms with Crippen molar-refractivity contribution in [3.63, 3.8) is 0 Å². The molecule has 0 amide bonds. The van der Waals surface area contributed by atoms with Crippen LogP contribution in [0.2, 0.25) is 0 Å². The fourth-order valence-electron chi connectivity index (χ4n) is 5.45. The summed E-state index contributed by atoms with van der Waals surface area (Å²) in [4.78, 5) is 2.78. The number of aliphatic hydroxyl groups is 1. The number of hydrogen-bond acceptors (Lipinski definition) is 2. The van der Waals surface area contributed by atoms with Crippen LogP contribution in [0.15, 0.2) is 54.6 Å². The number of hydrogen-bond donors (Lipinski definition) is 1. The molecule has 0 radical (unpaired) electrons. The summed E-state index contributed by atoms with van der Waals surface area (Å²) in [7, 11) is 0. The second kappa shape index (κ2) is 10.4. The highest BCUT2D eigenvalue weighted by Gasteiger charge is 2.26. The lowest BCUT2D eigenvalue weighted by atomic mass is 9.82. The Balaban J connectivity index is 1.36. The van der Waals surface area contributed by atoms with Crippen LogP contribution in [0.3, 0.4) is 0 Å². The van der Waals surface area contributed by atoms with E-state index in [2.05, 4.69) is 23.1 Å². The van der Waals surface area contributed by atoms with Gasteiger partial charge in [-0.3, -0.25) is 0 Å². The van der Waals surface area contributed by atoms with Crippen LogP contribution in [0.1, 0.15) is 80.6 Å². The van der Waals surface area contributed by atoms with E-state index >= 15 is 0 Å². The predicted octanol–water partition coefficient (Wildman–Crippen LogP) is 6.14. The molecular formula is C27H37NO. The Morgan fingerprint density at radius 1 is 0.828 bits per heavy atom. The summed E-state index contributed by atoms with van der Waals surface area (Å²) in [6, 6.07) is 19.4. The maximum absolute atomic E-state index is 10.7. The molecule has 156 valence electrons. The highest BCUT2D eigenvalue weighted by Crippen LogP contribution is 2.32. The van der Waals surface area contributed by atoms with E-state index in [1.165, 1.54) is 69.9 Å². The number of rotatable bonds is 7. The summed E-state index contributed by atoms with van der Waals surface area (Å²) in [5.41, 5.74) is 3.32. The average molecular weight is 392 g/mol. The molecule has 0 aromatic heterocycles. The molecule has 2 heteroatoms. The minimum absolute atomic E-state index is 0.537. The first kappa shape index (κ1) is 20.6. The van der Waals surface area contributed by atoms with Gasteiger partial charge >= 0.3 is 0 Å². The van der Waals surface area contributed by atoms with E-state index < -0.39 is 6.10 Å². The van der Waals surface area contributed by atoms with E-state index in [-0.39, 0.29) is 0 Å². The molecule has 2 fully saturated rings. The maximum atomic E-state index is 10.7. The number of aliphatic hydroxyl groups excluding tert-OH is 1. The van der Waals surface area contributed by atoms with Crippen molar-refractivity contribution in [3.05, 3.63) is 71.3 Å². The summed E-state index contributed by atoms with van der Waals surface area (Å²) in [6.07, 6.45) is 13.4. The Morgan fingerprint density at radius 2 is 1.59 bits per heavy atom. The minimum Gasteiger partial charge on any atom is -0.384 e. The first-order valence-corrected chi connectivity index (χ1v) is 11.9. The highest BCUT2D eigenvalue weighted by molar-refractivity contribution is 5.32. The Kier molecular flexibility index (Phi) is 7.40. The maximum Gasteiger partial charge on any atom is 0.104 e. The molecule has 1 saturated carbocycles. The fraction of sp³-hybridized carbons (Fsp3) is 0.556. The topological polar surface area (TPSA) is 23.5 Å². The van der Waals surface area contributed by atoms with Crippen LogP contribution in [0.4, 0.5) is 0 Å². The van der Waals surface area contributed by atoms with Crippen molar-refractivity contribution in [2.75, 3.05) is 13.1 Å². The van der Waals surface area contributed by atoms with Crippen LogP contribution in [-0.2, 0) is 6.42 Å². The molecule has 1 aliphatic carbocycles. The number of likely N-dealkylation sites (tertiary alicyclic amines) is 1. The molecule has 1 N–H and O–H groups in total. The van der Waals surface area contributed by atoms with Gasteiger partial charge in [0.2, 0.25) is 0 Å². The Morgan fingerprint density at radius 3 is 2.41 bits per heavy atom. The van der Waals surface area contributed by atoms with Gasteiger partial charge in [-0.1, -0.05) is 93.1 Å². The molecule has 1 heterocycles. The van der Waals surface area contributed by atoms with Gasteiger partial charge in [0.05, 0.1) is 0 Å². The lowest BCUT2D eigenvalue weighted by Gasteiger charge is -2.38. The van der Waals surface area contributed by atoms with Crippen molar-refractivity contribution >= 4 is 0 Å². The SMILES string of the molecule is OC(c1ccccc1)c1cccc(CCN2CCCCC2CC2CCCCC2)c1. The van der Waals surface area contributed by atoms with E-state index in [4.69, 9.17) is 0 Å². The van der Waals surface area contributed by atoms with Gasteiger partial charge in [0.15, 0.2) is 0 Å². The Bertz CT molecular complexity index is 737. The summed E-state index contributed by atoms with van der Waals surface area (Å²) in [5.74, 6) is 0.971. The van der Waals surface area contributed by atoms with E-state index in [9.17, 15) is 5.11 Å². The molecule has 0 bridgehead atoms. The zero-order valence-electron chi connectivity index (χ0n) is 17.8. The zero-order chi connectivity index (χ0) is 19.9. The molecule has 2 aliphatic rings. The van der Waals surface area contributed by atoms with Gasteiger partial charge in [0.25, 0.3) is 0 Å². The van der Waals surface area contributed by atoms with Crippen molar-refractivity contribution in [2.24, 2.45) is 5.92 Å². The van der Waals surface area contributed by atoms with Crippen LogP contribution >= 0.6 is 0 Å². The third-order valence-electron chi connectivity index (χ3n) is 7.15. The molecule has 2 unspecified atom stereocenters. The van der Waals surface area contributed by atoms with Gasteiger partial charge in [-0.15, -0.1) is 0 Å². The van der Waals surface area contributed by atoms with Crippen LogP contribution in [-0.4, -0.2) is 29.1 Å². The predicted molar refractivity (Wildman–Crippen MR) is 121 cm³/mol. The highest BCUT2D eigenvalue weighted by atomic mass is 16.3. The van der Waals surface area contributed by atoms with E-state index in [0.717, 1.165) is 36.1 Å². The second-order valence-corrected chi connectivity index (χ2v) is 9.23. The first-order chi connectivity index (χ1) is 14.3. The lowest BCUT2D eigenvalue weighted by molar-refractivity contribution is 0.118. The lowest BCUT2D eigenvalue weighted by Crippen LogP contribution is -2.42. The van der Waals surface area contributed by atoms with Crippen LogP contribution in [0, 0.1) is 5.92 Å². The van der Waals surface area contributed by atoms with Gasteiger partial charge in [0, 0.05) is 12.6 Å². The van der Waals surface area contributed by atoms with Gasteiger partial charge in [-0.05, 0) is 54.8 Å². The molecule has 1 saturated heterocycles. The second-order valence-electron chi connectivity index (χ2n) is 9.23. The normalized spacial score (nSPS) is 22.4. The molecule has 2 aromatic rings. The Hall–Kier alpha value is -1.64. The quantitative estimate of drug-likeness (QED) is 0.613. The summed E-state index contributed by atoms with van der Waals surface area (Å²) in [6.45, 7) is 2.42. The Labute approximate surface area is 177 Å². The smallest absolute Gasteiger partial charge is 0.104 e. The summed E-state index contributed by atoms with van der Waals surface area (Å²) in [5, 5.41) is 10.7. The standard InChI is InChI=1S/C27H37NO/c29-27(24-13-5-2-6-14-24)25-15-9-12-23(20-25)17-19-28-18-8-7-16-26(28)21-22-10-3-1-4-11-22/h2,5-6,9,12-15,20,22,26-27,29H,1,3-4,7-8,10-11,16-19,21H2. The molecule has 2 nitrogen and oxygen atoms in total. The number of benzene rings is 2.